The molecule has 0 radical (unpaired) electrons. The molecule has 1 aromatic carbocycles. The lowest BCUT2D eigenvalue weighted by Crippen LogP contribution is -2.51. The lowest BCUT2D eigenvalue weighted by molar-refractivity contribution is -0.122. The van der Waals surface area contributed by atoms with Gasteiger partial charge in [0.1, 0.15) is 6.04 Å². The van der Waals surface area contributed by atoms with Gasteiger partial charge in [0.25, 0.3) is 11.8 Å². The van der Waals surface area contributed by atoms with E-state index < -0.39 is 27.9 Å². The number of nitrogens with one attached hydrogen (secondary N) is 2. The number of sulfonamides is 1. The van der Waals surface area contributed by atoms with Crippen molar-refractivity contribution in [3.63, 3.8) is 0 Å². The second-order valence-electron chi connectivity index (χ2n) is 7.41. The number of rotatable bonds is 11. The van der Waals surface area contributed by atoms with Crippen molar-refractivity contribution in [2.45, 2.75) is 52.6 Å². The molecular formula is C21H30N4O4S. The van der Waals surface area contributed by atoms with E-state index >= 15 is 0 Å². The molecule has 0 unspecified atom stereocenters. The van der Waals surface area contributed by atoms with E-state index in [1.165, 1.54) is 0 Å². The van der Waals surface area contributed by atoms with Crippen molar-refractivity contribution in [2.75, 3.05) is 5.75 Å². The molecule has 0 saturated carbocycles. The highest BCUT2D eigenvalue weighted by atomic mass is 32.2. The van der Waals surface area contributed by atoms with Crippen LogP contribution in [0, 0.1) is 5.92 Å². The predicted molar refractivity (Wildman–Crippen MR) is 115 cm³/mol. The molecule has 2 aromatic rings. The van der Waals surface area contributed by atoms with Crippen LogP contribution in [0.4, 0.5) is 0 Å². The van der Waals surface area contributed by atoms with Crippen LogP contribution in [-0.4, -0.2) is 41.6 Å². The Kier molecular flexibility index (Phi) is 8.58. The first-order valence-electron chi connectivity index (χ1n) is 10.2. The zero-order valence-corrected chi connectivity index (χ0v) is 18.5. The van der Waals surface area contributed by atoms with Gasteiger partial charge in [0, 0.05) is 24.5 Å². The minimum atomic E-state index is -3.73. The van der Waals surface area contributed by atoms with Crippen molar-refractivity contribution in [1.29, 1.82) is 0 Å². The van der Waals surface area contributed by atoms with Crippen LogP contribution >= 0.6 is 0 Å². The molecule has 1 heterocycles. The maximum atomic E-state index is 12.8. The third-order valence-corrected chi connectivity index (χ3v) is 6.26. The van der Waals surface area contributed by atoms with E-state index in [1.54, 1.807) is 37.6 Å². The fourth-order valence-electron chi connectivity index (χ4n) is 2.93. The fourth-order valence-corrected chi connectivity index (χ4v) is 4.13. The van der Waals surface area contributed by atoms with Crippen LogP contribution in [0.2, 0.25) is 0 Å². The Morgan fingerprint density at radius 3 is 2.63 bits per heavy atom. The highest BCUT2D eigenvalue weighted by Gasteiger charge is 2.29. The summed E-state index contributed by atoms with van der Waals surface area (Å²) in [6.07, 6.45) is 6.97. The summed E-state index contributed by atoms with van der Waals surface area (Å²) >= 11 is 0. The number of carbonyl (C=O) groups is 2. The van der Waals surface area contributed by atoms with Crippen molar-refractivity contribution >= 4 is 21.8 Å². The summed E-state index contributed by atoms with van der Waals surface area (Å²) in [7, 11) is -3.73. The molecule has 0 bridgehead atoms. The van der Waals surface area contributed by atoms with E-state index in [4.69, 9.17) is 0 Å². The second kappa shape index (κ2) is 10.9. The number of nitrogens with zero attached hydrogens (tertiary/aromatic N) is 2. The minimum absolute atomic E-state index is 0.118. The Bertz CT molecular complexity index is 942. The first kappa shape index (κ1) is 23.6. The normalized spacial score (nSPS) is 13.4. The summed E-state index contributed by atoms with van der Waals surface area (Å²) in [6, 6.07) is 6.14. The molecule has 8 nitrogen and oxygen atoms in total. The first-order valence-corrected chi connectivity index (χ1v) is 11.8. The number of aromatic nitrogens is 2. The molecule has 0 fully saturated rings. The van der Waals surface area contributed by atoms with Gasteiger partial charge in [0.15, 0.2) is 0 Å². The van der Waals surface area contributed by atoms with Crippen molar-refractivity contribution in [2.24, 2.45) is 5.92 Å². The minimum Gasteiger partial charge on any atom is -0.340 e. The standard InChI is InChI=1S/C21H30N4O4S/c1-4-6-12-30(28,29)24-21(27)19(16(3)5-2)23-20(26)18-9-7-8-17(13-18)14-25-11-10-22-15-25/h7-11,13,15-16,19H,4-6,12,14H2,1-3H3,(H,23,26)(H,24,27)/t16-,19-/m0/s1. The second-order valence-corrected chi connectivity index (χ2v) is 9.25. The molecule has 0 saturated heterocycles. The highest BCUT2D eigenvalue weighted by molar-refractivity contribution is 7.90. The van der Waals surface area contributed by atoms with Crippen LogP contribution in [-0.2, 0) is 21.4 Å². The molecule has 9 heteroatoms. The van der Waals surface area contributed by atoms with Crippen molar-refractivity contribution in [1.82, 2.24) is 19.6 Å². The van der Waals surface area contributed by atoms with Crippen LogP contribution in [0.25, 0.3) is 0 Å². The van der Waals surface area contributed by atoms with Gasteiger partial charge >= 0.3 is 0 Å². The average molecular weight is 435 g/mol. The SMILES string of the molecule is CCCCS(=O)(=O)NC(=O)[C@@H](NC(=O)c1cccc(Cn2ccnc2)c1)[C@@H](C)CC. The Labute approximate surface area is 178 Å². The third-order valence-electron chi connectivity index (χ3n) is 4.92. The van der Waals surface area contributed by atoms with E-state index in [1.807, 2.05) is 30.7 Å². The number of benzene rings is 1. The molecule has 0 aliphatic carbocycles. The van der Waals surface area contributed by atoms with E-state index in [0.717, 1.165) is 5.56 Å². The molecule has 1 aromatic heterocycles. The van der Waals surface area contributed by atoms with Gasteiger partial charge < -0.3 is 9.88 Å². The molecule has 0 spiro atoms. The van der Waals surface area contributed by atoms with Crippen LogP contribution in [0.3, 0.4) is 0 Å². The molecule has 0 aliphatic rings. The largest absolute Gasteiger partial charge is 0.340 e. The van der Waals surface area contributed by atoms with E-state index in [9.17, 15) is 18.0 Å². The number of amides is 2. The Hall–Kier alpha value is -2.68. The smallest absolute Gasteiger partial charge is 0.256 e. The monoisotopic (exact) mass is 434 g/mol. The van der Waals surface area contributed by atoms with Crippen molar-refractivity contribution < 1.29 is 18.0 Å². The Balaban J connectivity index is 2.12. The number of hydrogen-bond acceptors (Lipinski definition) is 5. The predicted octanol–water partition coefficient (Wildman–Crippen LogP) is 2.32. The van der Waals surface area contributed by atoms with Gasteiger partial charge in [-0.1, -0.05) is 45.7 Å². The summed E-state index contributed by atoms with van der Waals surface area (Å²) in [5, 5.41) is 2.71. The number of imidazole rings is 1. The van der Waals surface area contributed by atoms with Gasteiger partial charge in [-0.3, -0.25) is 14.3 Å². The van der Waals surface area contributed by atoms with Gasteiger partial charge in [-0.2, -0.15) is 0 Å². The molecule has 164 valence electrons. The van der Waals surface area contributed by atoms with Gasteiger partial charge in [0.05, 0.1) is 12.1 Å². The molecule has 0 aliphatic heterocycles. The lowest BCUT2D eigenvalue weighted by atomic mass is 9.98. The molecule has 30 heavy (non-hydrogen) atoms. The van der Waals surface area contributed by atoms with E-state index in [-0.39, 0.29) is 11.7 Å². The lowest BCUT2D eigenvalue weighted by Gasteiger charge is -2.23. The topological polar surface area (TPSA) is 110 Å². The van der Waals surface area contributed by atoms with Crippen LogP contribution in [0.5, 0.6) is 0 Å². The summed E-state index contributed by atoms with van der Waals surface area (Å²) in [5.74, 6) is -1.48. The van der Waals surface area contributed by atoms with Crippen molar-refractivity contribution in [3.8, 4) is 0 Å². The number of hydrogen-bond donors (Lipinski definition) is 2. The fraction of sp³-hybridized carbons (Fsp3) is 0.476. The van der Waals surface area contributed by atoms with Gasteiger partial charge in [-0.15, -0.1) is 0 Å². The van der Waals surface area contributed by atoms with Crippen molar-refractivity contribution in [3.05, 3.63) is 54.1 Å². The zero-order chi connectivity index (χ0) is 22.1. The van der Waals surface area contributed by atoms with Gasteiger partial charge in [0.2, 0.25) is 10.0 Å². The summed E-state index contributed by atoms with van der Waals surface area (Å²) < 4.78 is 28.2. The first-order chi connectivity index (χ1) is 14.3. The van der Waals surface area contributed by atoms with Crippen LogP contribution in [0.1, 0.15) is 56.0 Å². The number of carbonyl (C=O) groups excluding carboxylic acids is 2. The van der Waals surface area contributed by atoms with Crippen LogP contribution < -0.4 is 10.0 Å². The average Bonchev–Trinajstić information content (AvgIpc) is 3.22. The van der Waals surface area contributed by atoms with Gasteiger partial charge in [-0.25, -0.2) is 13.4 Å². The zero-order valence-electron chi connectivity index (χ0n) is 17.7. The quantitative estimate of drug-likeness (QED) is 0.564. The molecule has 2 N–H and O–H groups in total. The summed E-state index contributed by atoms with van der Waals surface area (Å²) in [5.41, 5.74) is 1.31. The summed E-state index contributed by atoms with van der Waals surface area (Å²) in [4.78, 5) is 29.5. The Morgan fingerprint density at radius 2 is 2.00 bits per heavy atom. The van der Waals surface area contributed by atoms with Crippen LogP contribution in [0.15, 0.2) is 43.0 Å². The maximum absolute atomic E-state index is 12.8. The molecule has 2 rings (SSSR count). The highest BCUT2D eigenvalue weighted by Crippen LogP contribution is 2.12. The molecule has 2 atom stereocenters. The van der Waals surface area contributed by atoms with E-state index in [0.29, 0.717) is 31.4 Å². The molecule has 2 amide bonds. The Morgan fingerprint density at radius 1 is 1.23 bits per heavy atom. The van der Waals surface area contributed by atoms with E-state index in [2.05, 4.69) is 15.0 Å². The number of unbranched alkanes of at least 4 members (excludes halogenated alkanes) is 1. The molecular weight excluding hydrogens is 404 g/mol. The summed E-state index contributed by atoms with van der Waals surface area (Å²) in [6.45, 7) is 6.12. The maximum Gasteiger partial charge on any atom is 0.256 e. The third kappa shape index (κ3) is 6.98. The van der Waals surface area contributed by atoms with Gasteiger partial charge in [-0.05, 0) is 30.0 Å².